The molecule has 2 aromatic rings. The summed E-state index contributed by atoms with van der Waals surface area (Å²) in [5.41, 5.74) is 7.85. The molecule has 0 radical (unpaired) electrons. The van der Waals surface area contributed by atoms with Gasteiger partial charge >= 0.3 is 0 Å². The molecule has 0 saturated heterocycles. The van der Waals surface area contributed by atoms with Gasteiger partial charge in [0.25, 0.3) is 0 Å². The second kappa shape index (κ2) is 7.02. The van der Waals surface area contributed by atoms with Crippen LogP contribution in [0.15, 0.2) is 24.4 Å². The van der Waals surface area contributed by atoms with Gasteiger partial charge in [0, 0.05) is 17.1 Å². The topological polar surface area (TPSA) is 41.8 Å². The highest BCUT2D eigenvalue weighted by atomic mass is 35.5. The second-order valence-electron chi connectivity index (χ2n) is 3.37. The minimum absolute atomic E-state index is 0. The maximum absolute atomic E-state index is 6.13. The van der Waals surface area contributed by atoms with Crippen molar-refractivity contribution < 1.29 is 0 Å². The molecule has 2 nitrogen and oxygen atoms in total. The lowest BCUT2D eigenvalue weighted by Gasteiger charge is -1.99. The molecule has 0 atom stereocenters. The highest BCUT2D eigenvalue weighted by Gasteiger charge is 2.05. The molecule has 0 fully saturated rings. The molecule has 0 unspecified atom stereocenters. The summed E-state index contributed by atoms with van der Waals surface area (Å²) >= 11 is 6.13. The Hall–Kier alpha value is -0.410. The lowest BCUT2D eigenvalue weighted by Crippen LogP contribution is -1.99. The van der Waals surface area contributed by atoms with E-state index in [1.54, 1.807) is 0 Å². The van der Waals surface area contributed by atoms with Crippen LogP contribution >= 0.6 is 36.4 Å². The van der Waals surface area contributed by atoms with Crippen LogP contribution in [0.25, 0.3) is 10.9 Å². The number of rotatable bonds is 3. The molecular formula is C11H15Cl3N2. The van der Waals surface area contributed by atoms with E-state index < -0.39 is 0 Å². The number of nitrogens with two attached hydrogens (primary N) is 1. The minimum atomic E-state index is 0. The lowest BCUT2D eigenvalue weighted by atomic mass is 10.1. The van der Waals surface area contributed by atoms with E-state index in [0.717, 1.165) is 35.3 Å². The SMILES string of the molecule is Cl.Cl.NCCCc1c[nH]c2cccc(Cl)c12. The number of aryl methyl sites for hydroxylation is 1. The number of aromatic nitrogens is 1. The molecule has 0 aliphatic heterocycles. The number of aromatic amines is 1. The predicted molar refractivity (Wildman–Crippen MR) is 75.2 cm³/mol. The molecule has 0 bridgehead atoms. The summed E-state index contributed by atoms with van der Waals surface area (Å²) in [4.78, 5) is 3.21. The van der Waals surface area contributed by atoms with Gasteiger partial charge in [0.1, 0.15) is 0 Å². The molecule has 0 aliphatic rings. The largest absolute Gasteiger partial charge is 0.361 e. The van der Waals surface area contributed by atoms with Crippen LogP contribution in [0.4, 0.5) is 0 Å². The maximum Gasteiger partial charge on any atom is 0.0502 e. The zero-order valence-electron chi connectivity index (χ0n) is 8.70. The van der Waals surface area contributed by atoms with Gasteiger partial charge in [-0.1, -0.05) is 17.7 Å². The van der Waals surface area contributed by atoms with E-state index >= 15 is 0 Å². The number of fused-ring (bicyclic) bond motifs is 1. The fourth-order valence-electron chi connectivity index (χ4n) is 1.70. The van der Waals surface area contributed by atoms with Crippen molar-refractivity contribution in [2.24, 2.45) is 5.73 Å². The molecule has 0 spiro atoms. The van der Waals surface area contributed by atoms with Gasteiger partial charge in [-0.25, -0.2) is 0 Å². The van der Waals surface area contributed by atoms with Gasteiger partial charge in [0.15, 0.2) is 0 Å². The molecular weight excluding hydrogens is 266 g/mol. The number of halogens is 3. The van der Waals surface area contributed by atoms with Gasteiger partial charge in [-0.05, 0) is 37.1 Å². The van der Waals surface area contributed by atoms with Crippen molar-refractivity contribution in [3.63, 3.8) is 0 Å². The van der Waals surface area contributed by atoms with Gasteiger partial charge in [0.05, 0.1) is 5.02 Å². The molecule has 1 aromatic carbocycles. The number of benzene rings is 1. The summed E-state index contributed by atoms with van der Waals surface area (Å²) in [6.07, 6.45) is 4.00. The van der Waals surface area contributed by atoms with E-state index in [1.807, 2.05) is 24.4 Å². The Kier molecular flexibility index (Phi) is 6.84. The van der Waals surface area contributed by atoms with Crippen molar-refractivity contribution in [3.05, 3.63) is 35.0 Å². The predicted octanol–water partition coefficient (Wildman–Crippen LogP) is 3.56. The fourth-order valence-corrected chi connectivity index (χ4v) is 1.99. The summed E-state index contributed by atoms with van der Waals surface area (Å²) in [5, 5.41) is 1.96. The minimum Gasteiger partial charge on any atom is -0.361 e. The number of nitrogens with one attached hydrogen (secondary N) is 1. The maximum atomic E-state index is 6.13. The lowest BCUT2D eigenvalue weighted by molar-refractivity contribution is 0.837. The summed E-state index contributed by atoms with van der Waals surface area (Å²) in [6, 6.07) is 5.91. The van der Waals surface area contributed by atoms with E-state index in [-0.39, 0.29) is 24.8 Å². The van der Waals surface area contributed by atoms with Gasteiger partial charge < -0.3 is 10.7 Å². The smallest absolute Gasteiger partial charge is 0.0502 e. The molecule has 90 valence electrons. The number of H-pyrrole nitrogens is 1. The third-order valence-electron chi connectivity index (χ3n) is 2.39. The first-order valence-electron chi connectivity index (χ1n) is 4.77. The molecule has 5 heteroatoms. The molecule has 0 aliphatic carbocycles. The van der Waals surface area contributed by atoms with Crippen molar-refractivity contribution >= 4 is 47.3 Å². The zero-order chi connectivity index (χ0) is 9.97. The van der Waals surface area contributed by atoms with Crippen LogP contribution in [-0.2, 0) is 6.42 Å². The summed E-state index contributed by atoms with van der Waals surface area (Å²) in [5.74, 6) is 0. The highest BCUT2D eigenvalue weighted by molar-refractivity contribution is 6.35. The van der Waals surface area contributed by atoms with Crippen molar-refractivity contribution in [3.8, 4) is 0 Å². The van der Waals surface area contributed by atoms with Gasteiger partial charge in [-0.15, -0.1) is 24.8 Å². The van der Waals surface area contributed by atoms with Crippen LogP contribution in [0.2, 0.25) is 5.02 Å². The molecule has 16 heavy (non-hydrogen) atoms. The van der Waals surface area contributed by atoms with E-state index in [0.29, 0.717) is 0 Å². The molecule has 1 aromatic heterocycles. The van der Waals surface area contributed by atoms with E-state index in [2.05, 4.69) is 4.98 Å². The second-order valence-corrected chi connectivity index (χ2v) is 3.78. The first-order valence-corrected chi connectivity index (χ1v) is 5.15. The number of hydrogen-bond donors (Lipinski definition) is 2. The normalized spacial score (nSPS) is 9.62. The Morgan fingerprint density at radius 2 is 2.00 bits per heavy atom. The van der Waals surface area contributed by atoms with Crippen molar-refractivity contribution in [1.29, 1.82) is 0 Å². The van der Waals surface area contributed by atoms with Gasteiger partial charge in [-0.3, -0.25) is 0 Å². The monoisotopic (exact) mass is 280 g/mol. The van der Waals surface area contributed by atoms with E-state index in [9.17, 15) is 0 Å². The molecule has 2 rings (SSSR count). The Morgan fingerprint density at radius 1 is 1.25 bits per heavy atom. The van der Waals surface area contributed by atoms with Crippen LogP contribution in [0.3, 0.4) is 0 Å². The quantitative estimate of drug-likeness (QED) is 0.887. The fraction of sp³-hybridized carbons (Fsp3) is 0.273. The Balaban J connectivity index is 0.00000112. The van der Waals surface area contributed by atoms with E-state index in [1.165, 1.54) is 5.56 Å². The van der Waals surface area contributed by atoms with Crippen LogP contribution in [0, 0.1) is 0 Å². The first-order chi connectivity index (χ1) is 6.83. The van der Waals surface area contributed by atoms with Crippen LogP contribution in [0.1, 0.15) is 12.0 Å². The Bertz CT molecular complexity index is 440. The van der Waals surface area contributed by atoms with Gasteiger partial charge in [0.2, 0.25) is 0 Å². The average molecular weight is 282 g/mol. The molecule has 0 saturated carbocycles. The average Bonchev–Trinajstić information content (AvgIpc) is 2.59. The van der Waals surface area contributed by atoms with Crippen LogP contribution in [0.5, 0.6) is 0 Å². The third-order valence-corrected chi connectivity index (χ3v) is 2.70. The van der Waals surface area contributed by atoms with E-state index in [4.69, 9.17) is 17.3 Å². The zero-order valence-corrected chi connectivity index (χ0v) is 11.1. The molecule has 3 N–H and O–H groups in total. The Morgan fingerprint density at radius 3 is 2.69 bits per heavy atom. The van der Waals surface area contributed by atoms with Crippen LogP contribution < -0.4 is 5.73 Å². The highest BCUT2D eigenvalue weighted by Crippen LogP contribution is 2.26. The summed E-state index contributed by atoms with van der Waals surface area (Å²) in [6.45, 7) is 0.719. The number of hydrogen-bond acceptors (Lipinski definition) is 1. The van der Waals surface area contributed by atoms with Gasteiger partial charge in [-0.2, -0.15) is 0 Å². The summed E-state index contributed by atoms with van der Waals surface area (Å²) in [7, 11) is 0. The molecule has 1 heterocycles. The third kappa shape index (κ3) is 3.05. The Labute approximate surface area is 112 Å². The van der Waals surface area contributed by atoms with Crippen molar-refractivity contribution in [1.82, 2.24) is 4.98 Å². The van der Waals surface area contributed by atoms with Crippen molar-refractivity contribution in [2.45, 2.75) is 12.8 Å². The summed E-state index contributed by atoms with van der Waals surface area (Å²) < 4.78 is 0. The van der Waals surface area contributed by atoms with Crippen LogP contribution in [-0.4, -0.2) is 11.5 Å². The molecule has 0 amide bonds. The van der Waals surface area contributed by atoms with Crippen molar-refractivity contribution in [2.75, 3.05) is 6.54 Å². The standard InChI is InChI=1S/C11H13ClN2.2ClH/c12-9-4-1-5-10-11(9)8(7-14-10)3-2-6-13;;/h1,4-5,7,14H,2-3,6,13H2;2*1H. The first kappa shape index (κ1) is 15.6.